The summed E-state index contributed by atoms with van der Waals surface area (Å²) in [5.74, 6) is 0. The number of aromatic nitrogens is 2. The van der Waals surface area contributed by atoms with E-state index in [1.54, 1.807) is 0 Å². The van der Waals surface area contributed by atoms with Crippen LogP contribution in [0.15, 0.2) is 21.8 Å². The average Bonchev–Trinajstić information content (AvgIpc) is 2.10. The first kappa shape index (κ1) is 12.2. The number of rotatable bonds is 3. The fourth-order valence-corrected chi connectivity index (χ4v) is 1.19. The zero-order valence-electron chi connectivity index (χ0n) is 7.29. The van der Waals surface area contributed by atoms with Crippen molar-refractivity contribution >= 4 is 15.9 Å². The monoisotopic (exact) mass is 286 g/mol. The van der Waals surface area contributed by atoms with Gasteiger partial charge in [-0.2, -0.15) is 0 Å². The van der Waals surface area contributed by atoms with Crippen LogP contribution in [0.4, 0.5) is 13.2 Å². The summed E-state index contributed by atoms with van der Waals surface area (Å²) in [5, 5.41) is 0. The molecule has 1 heterocycles. The van der Waals surface area contributed by atoms with E-state index in [0.29, 0.717) is 0 Å². The van der Waals surface area contributed by atoms with Gasteiger partial charge in [-0.05, 0) is 15.9 Å². The molecule has 8 heteroatoms. The second-order valence-corrected chi connectivity index (χ2v) is 3.39. The molecule has 0 N–H and O–H groups in total. The van der Waals surface area contributed by atoms with Gasteiger partial charge in [0.15, 0.2) is 0 Å². The van der Waals surface area contributed by atoms with Crippen molar-refractivity contribution in [2.45, 2.75) is 12.9 Å². The van der Waals surface area contributed by atoms with Crippen molar-refractivity contribution in [3.05, 3.63) is 27.4 Å². The number of hydrogen-bond donors (Lipinski definition) is 0. The molecule has 0 aromatic carbocycles. The van der Waals surface area contributed by atoms with Gasteiger partial charge in [0.1, 0.15) is 4.47 Å². The third-order valence-electron chi connectivity index (χ3n) is 1.46. The van der Waals surface area contributed by atoms with Crippen molar-refractivity contribution < 1.29 is 17.9 Å². The van der Waals surface area contributed by atoms with Crippen LogP contribution in [-0.4, -0.2) is 22.5 Å². The van der Waals surface area contributed by atoms with E-state index in [-0.39, 0.29) is 11.0 Å². The second-order valence-electron chi connectivity index (χ2n) is 2.53. The highest BCUT2D eigenvalue weighted by Gasteiger charge is 2.28. The van der Waals surface area contributed by atoms with Crippen LogP contribution in [0, 0.1) is 0 Å². The highest BCUT2D eigenvalue weighted by Crippen LogP contribution is 2.15. The van der Waals surface area contributed by atoms with Gasteiger partial charge in [-0.25, -0.2) is 4.98 Å². The standard InChI is InChI=1S/C7H6BrF3N2O2/c8-5-3-12-4-13(6(5)14)1-2-15-7(9,10)11/h3-4H,1-2H2. The Kier molecular flexibility index (Phi) is 3.86. The topological polar surface area (TPSA) is 44.1 Å². The van der Waals surface area contributed by atoms with Crippen LogP contribution in [0.5, 0.6) is 0 Å². The van der Waals surface area contributed by atoms with Crippen LogP contribution in [0.25, 0.3) is 0 Å². The van der Waals surface area contributed by atoms with Gasteiger partial charge >= 0.3 is 6.36 Å². The summed E-state index contributed by atoms with van der Waals surface area (Å²) in [4.78, 5) is 14.9. The first-order valence-corrected chi connectivity index (χ1v) is 4.60. The van der Waals surface area contributed by atoms with Gasteiger partial charge in [0.05, 0.1) is 19.5 Å². The lowest BCUT2D eigenvalue weighted by Gasteiger charge is -2.08. The summed E-state index contributed by atoms with van der Waals surface area (Å²) >= 11 is 2.92. The Morgan fingerprint density at radius 1 is 1.53 bits per heavy atom. The fraction of sp³-hybridized carbons (Fsp3) is 0.429. The Hall–Kier alpha value is -0.890. The second kappa shape index (κ2) is 4.75. The molecule has 0 unspecified atom stereocenters. The first-order valence-electron chi connectivity index (χ1n) is 3.81. The molecule has 1 aromatic rings. The number of ether oxygens (including phenoxy) is 1. The zero-order valence-corrected chi connectivity index (χ0v) is 8.88. The van der Waals surface area contributed by atoms with Crippen LogP contribution >= 0.6 is 15.9 Å². The summed E-state index contributed by atoms with van der Waals surface area (Å²) in [7, 11) is 0. The molecule has 0 saturated heterocycles. The number of nitrogens with zero attached hydrogens (tertiary/aromatic N) is 2. The Balaban J connectivity index is 2.59. The van der Waals surface area contributed by atoms with Gasteiger partial charge < -0.3 is 0 Å². The van der Waals surface area contributed by atoms with Crippen molar-refractivity contribution in [1.82, 2.24) is 9.55 Å². The molecule has 0 aliphatic carbocycles. The third kappa shape index (κ3) is 4.00. The summed E-state index contributed by atoms with van der Waals surface area (Å²) in [6.45, 7) is -0.827. The number of halogens is 4. The minimum Gasteiger partial charge on any atom is -0.296 e. The SMILES string of the molecule is O=c1c(Br)cncn1CCOC(F)(F)F. The van der Waals surface area contributed by atoms with E-state index in [1.807, 2.05) is 0 Å². The maximum absolute atomic E-state index is 11.6. The highest BCUT2D eigenvalue weighted by molar-refractivity contribution is 9.10. The Morgan fingerprint density at radius 3 is 2.80 bits per heavy atom. The largest absolute Gasteiger partial charge is 0.522 e. The van der Waals surface area contributed by atoms with Crippen LogP contribution in [0.3, 0.4) is 0 Å². The van der Waals surface area contributed by atoms with Gasteiger partial charge in [-0.15, -0.1) is 13.2 Å². The Labute approximate surface area is 90.8 Å². The number of alkyl halides is 3. The molecule has 4 nitrogen and oxygen atoms in total. The molecule has 0 saturated carbocycles. The lowest BCUT2D eigenvalue weighted by atomic mass is 10.6. The van der Waals surface area contributed by atoms with E-state index in [4.69, 9.17) is 0 Å². The maximum atomic E-state index is 11.6. The van der Waals surface area contributed by atoms with Gasteiger partial charge in [0.2, 0.25) is 0 Å². The summed E-state index contributed by atoms with van der Waals surface area (Å²) in [6.07, 6.45) is -2.26. The average molecular weight is 287 g/mol. The van der Waals surface area contributed by atoms with E-state index in [2.05, 4.69) is 25.7 Å². The molecule has 84 valence electrons. The van der Waals surface area contributed by atoms with E-state index in [0.717, 1.165) is 10.9 Å². The molecule has 0 bridgehead atoms. The van der Waals surface area contributed by atoms with Crippen LogP contribution < -0.4 is 5.56 Å². The van der Waals surface area contributed by atoms with Crippen molar-refractivity contribution in [1.29, 1.82) is 0 Å². The molecule has 15 heavy (non-hydrogen) atoms. The van der Waals surface area contributed by atoms with Gasteiger partial charge in [-0.3, -0.25) is 14.1 Å². The molecule has 0 amide bonds. The Morgan fingerprint density at radius 2 is 2.20 bits per heavy atom. The highest BCUT2D eigenvalue weighted by atomic mass is 79.9. The molecule has 0 atom stereocenters. The maximum Gasteiger partial charge on any atom is 0.522 e. The molecule has 0 spiro atoms. The first-order chi connectivity index (χ1) is 6.90. The molecule has 0 radical (unpaired) electrons. The van der Waals surface area contributed by atoms with E-state index in [9.17, 15) is 18.0 Å². The quantitative estimate of drug-likeness (QED) is 0.847. The molecule has 0 fully saturated rings. The van der Waals surface area contributed by atoms with E-state index in [1.165, 1.54) is 6.20 Å². The van der Waals surface area contributed by atoms with Crippen molar-refractivity contribution in [3.63, 3.8) is 0 Å². The molecular weight excluding hydrogens is 281 g/mol. The van der Waals surface area contributed by atoms with Gasteiger partial charge in [0.25, 0.3) is 5.56 Å². The predicted octanol–water partition coefficient (Wildman–Crippen LogP) is 1.54. The van der Waals surface area contributed by atoms with Crippen LogP contribution in [0.2, 0.25) is 0 Å². The minimum absolute atomic E-state index is 0.192. The van der Waals surface area contributed by atoms with E-state index >= 15 is 0 Å². The summed E-state index contributed by atoms with van der Waals surface area (Å²) in [5.41, 5.74) is -0.448. The molecular formula is C7H6BrF3N2O2. The minimum atomic E-state index is -4.68. The van der Waals surface area contributed by atoms with Gasteiger partial charge in [-0.1, -0.05) is 0 Å². The zero-order chi connectivity index (χ0) is 11.5. The van der Waals surface area contributed by atoms with E-state index < -0.39 is 18.5 Å². The normalized spacial score (nSPS) is 11.7. The lowest BCUT2D eigenvalue weighted by Crippen LogP contribution is -2.25. The predicted molar refractivity (Wildman–Crippen MR) is 48.2 cm³/mol. The number of hydrogen-bond acceptors (Lipinski definition) is 3. The fourth-order valence-electron chi connectivity index (χ4n) is 0.843. The lowest BCUT2D eigenvalue weighted by molar-refractivity contribution is -0.325. The molecule has 0 aliphatic rings. The molecule has 0 aliphatic heterocycles. The molecule has 1 aromatic heterocycles. The molecule has 1 rings (SSSR count). The summed E-state index contributed by atoms with van der Waals surface area (Å²) in [6, 6.07) is 0. The Bertz CT molecular complexity index is 391. The van der Waals surface area contributed by atoms with Gasteiger partial charge in [0, 0.05) is 6.20 Å². The smallest absolute Gasteiger partial charge is 0.296 e. The van der Waals surface area contributed by atoms with Crippen molar-refractivity contribution in [2.24, 2.45) is 0 Å². The summed E-state index contributed by atoms with van der Waals surface area (Å²) < 4.78 is 39.6. The van der Waals surface area contributed by atoms with Crippen LogP contribution in [0.1, 0.15) is 0 Å². The van der Waals surface area contributed by atoms with Crippen LogP contribution in [-0.2, 0) is 11.3 Å². The van der Waals surface area contributed by atoms with Crippen molar-refractivity contribution in [2.75, 3.05) is 6.61 Å². The third-order valence-corrected chi connectivity index (χ3v) is 2.00. The van der Waals surface area contributed by atoms with Crippen molar-refractivity contribution in [3.8, 4) is 0 Å².